The Labute approximate surface area is 99.8 Å². The molecule has 1 aliphatic carbocycles. The Balaban J connectivity index is 2.06. The fourth-order valence-electron chi connectivity index (χ4n) is 3.85. The second-order valence-electron chi connectivity index (χ2n) is 5.77. The monoisotopic (exact) mass is 225 g/mol. The van der Waals surface area contributed by atoms with Gasteiger partial charge in [0.1, 0.15) is 0 Å². The maximum absolute atomic E-state index is 10.9. The van der Waals surface area contributed by atoms with Crippen LogP contribution in [0.5, 0.6) is 0 Å². The number of aliphatic hydroxyl groups is 1. The molecule has 16 heavy (non-hydrogen) atoms. The molecule has 1 saturated heterocycles. The van der Waals surface area contributed by atoms with Gasteiger partial charge in [-0.3, -0.25) is 0 Å². The quantitative estimate of drug-likeness (QED) is 0.757. The standard InChI is InChI=1S/C14H27NO/c1-2-12-6-3-4-7-13(12)14(16)8-5-10-15-11-9-14/h12-13,15-16H,2-11H2,1H3. The van der Waals surface area contributed by atoms with Gasteiger partial charge in [-0.05, 0) is 50.6 Å². The van der Waals surface area contributed by atoms with Crippen LogP contribution in [-0.4, -0.2) is 23.8 Å². The highest BCUT2D eigenvalue weighted by atomic mass is 16.3. The summed E-state index contributed by atoms with van der Waals surface area (Å²) in [5.41, 5.74) is -0.357. The van der Waals surface area contributed by atoms with Gasteiger partial charge >= 0.3 is 0 Å². The molecule has 94 valence electrons. The van der Waals surface area contributed by atoms with Gasteiger partial charge < -0.3 is 10.4 Å². The van der Waals surface area contributed by atoms with Crippen molar-refractivity contribution in [1.82, 2.24) is 5.32 Å². The first-order valence-electron chi connectivity index (χ1n) is 7.19. The molecule has 1 aliphatic heterocycles. The maximum atomic E-state index is 10.9. The van der Waals surface area contributed by atoms with Gasteiger partial charge in [-0.25, -0.2) is 0 Å². The van der Waals surface area contributed by atoms with Crippen molar-refractivity contribution >= 4 is 0 Å². The van der Waals surface area contributed by atoms with Gasteiger partial charge in [0.25, 0.3) is 0 Å². The van der Waals surface area contributed by atoms with E-state index >= 15 is 0 Å². The molecule has 0 amide bonds. The lowest BCUT2D eigenvalue weighted by Crippen LogP contribution is -2.43. The zero-order valence-electron chi connectivity index (χ0n) is 10.7. The molecule has 0 aromatic rings. The number of rotatable bonds is 2. The molecule has 3 atom stereocenters. The highest BCUT2D eigenvalue weighted by Crippen LogP contribution is 2.42. The molecular weight excluding hydrogens is 198 g/mol. The van der Waals surface area contributed by atoms with Gasteiger partial charge in [0, 0.05) is 0 Å². The molecule has 1 saturated carbocycles. The minimum atomic E-state index is -0.357. The molecule has 2 nitrogen and oxygen atoms in total. The average Bonchev–Trinajstić information content (AvgIpc) is 2.55. The lowest BCUT2D eigenvalue weighted by Gasteiger charge is -2.43. The van der Waals surface area contributed by atoms with Gasteiger partial charge in [-0.2, -0.15) is 0 Å². The van der Waals surface area contributed by atoms with Gasteiger partial charge in [0.2, 0.25) is 0 Å². The molecule has 2 fully saturated rings. The van der Waals surface area contributed by atoms with Gasteiger partial charge in [-0.1, -0.05) is 32.6 Å². The van der Waals surface area contributed by atoms with Crippen LogP contribution in [0, 0.1) is 11.8 Å². The van der Waals surface area contributed by atoms with Crippen molar-refractivity contribution in [2.45, 2.75) is 63.9 Å². The number of hydrogen-bond donors (Lipinski definition) is 2. The first-order valence-corrected chi connectivity index (χ1v) is 7.19. The van der Waals surface area contributed by atoms with Crippen molar-refractivity contribution in [3.63, 3.8) is 0 Å². The van der Waals surface area contributed by atoms with Crippen LogP contribution in [-0.2, 0) is 0 Å². The Morgan fingerprint density at radius 1 is 1.12 bits per heavy atom. The van der Waals surface area contributed by atoms with E-state index in [9.17, 15) is 5.11 Å². The van der Waals surface area contributed by atoms with E-state index in [4.69, 9.17) is 0 Å². The van der Waals surface area contributed by atoms with Crippen LogP contribution in [0.3, 0.4) is 0 Å². The molecule has 1 heterocycles. The van der Waals surface area contributed by atoms with Gasteiger partial charge in [0.15, 0.2) is 0 Å². The molecule has 0 spiro atoms. The van der Waals surface area contributed by atoms with Crippen LogP contribution in [0.25, 0.3) is 0 Å². The summed E-state index contributed by atoms with van der Waals surface area (Å²) in [5.74, 6) is 1.35. The lowest BCUT2D eigenvalue weighted by atomic mass is 9.67. The Morgan fingerprint density at radius 2 is 1.94 bits per heavy atom. The number of hydrogen-bond acceptors (Lipinski definition) is 2. The van der Waals surface area contributed by atoms with E-state index in [0.29, 0.717) is 5.92 Å². The smallest absolute Gasteiger partial charge is 0.0691 e. The van der Waals surface area contributed by atoms with E-state index in [1.165, 1.54) is 32.1 Å². The molecule has 3 unspecified atom stereocenters. The number of nitrogens with one attached hydrogen (secondary N) is 1. The SMILES string of the molecule is CCC1CCCCC1C1(O)CCCNCC1. The first kappa shape index (κ1) is 12.4. The van der Waals surface area contributed by atoms with E-state index in [0.717, 1.165) is 38.3 Å². The van der Waals surface area contributed by atoms with Crippen molar-refractivity contribution in [3.8, 4) is 0 Å². The van der Waals surface area contributed by atoms with Crippen molar-refractivity contribution in [1.29, 1.82) is 0 Å². The normalized spacial score (nSPS) is 41.6. The van der Waals surface area contributed by atoms with E-state index < -0.39 is 0 Å². The summed E-state index contributed by atoms with van der Waals surface area (Å²) < 4.78 is 0. The maximum Gasteiger partial charge on any atom is 0.0691 e. The fourth-order valence-corrected chi connectivity index (χ4v) is 3.85. The molecule has 0 radical (unpaired) electrons. The molecule has 2 rings (SSSR count). The largest absolute Gasteiger partial charge is 0.390 e. The molecule has 2 N–H and O–H groups in total. The topological polar surface area (TPSA) is 32.3 Å². The Morgan fingerprint density at radius 3 is 2.75 bits per heavy atom. The van der Waals surface area contributed by atoms with Gasteiger partial charge in [-0.15, -0.1) is 0 Å². The third kappa shape index (κ3) is 2.60. The third-order valence-corrected chi connectivity index (χ3v) is 4.82. The Hall–Kier alpha value is -0.0800. The molecular formula is C14H27NO. The highest BCUT2D eigenvalue weighted by Gasteiger charge is 2.41. The van der Waals surface area contributed by atoms with Crippen molar-refractivity contribution in [2.24, 2.45) is 11.8 Å². The van der Waals surface area contributed by atoms with Crippen LogP contribution < -0.4 is 5.32 Å². The predicted molar refractivity (Wildman–Crippen MR) is 67.4 cm³/mol. The fraction of sp³-hybridized carbons (Fsp3) is 1.00. The van der Waals surface area contributed by atoms with E-state index in [2.05, 4.69) is 12.2 Å². The molecule has 0 aromatic heterocycles. The summed E-state index contributed by atoms with van der Waals surface area (Å²) in [6.07, 6.45) is 9.69. The minimum Gasteiger partial charge on any atom is -0.390 e. The second-order valence-corrected chi connectivity index (χ2v) is 5.77. The van der Waals surface area contributed by atoms with Crippen LogP contribution in [0.1, 0.15) is 58.3 Å². The van der Waals surface area contributed by atoms with Gasteiger partial charge in [0.05, 0.1) is 5.60 Å². The molecule has 2 heteroatoms. The minimum absolute atomic E-state index is 0.357. The average molecular weight is 225 g/mol. The summed E-state index contributed by atoms with van der Waals surface area (Å²) >= 11 is 0. The van der Waals surface area contributed by atoms with Crippen LogP contribution in [0.4, 0.5) is 0 Å². The summed E-state index contributed by atoms with van der Waals surface area (Å²) in [4.78, 5) is 0. The summed E-state index contributed by atoms with van der Waals surface area (Å²) in [6.45, 7) is 4.39. The Kier molecular flexibility index (Phi) is 4.26. The first-order chi connectivity index (χ1) is 7.76. The van der Waals surface area contributed by atoms with Crippen molar-refractivity contribution in [3.05, 3.63) is 0 Å². The molecule has 0 aromatic carbocycles. The van der Waals surface area contributed by atoms with Crippen LogP contribution in [0.15, 0.2) is 0 Å². The van der Waals surface area contributed by atoms with E-state index in [-0.39, 0.29) is 5.60 Å². The van der Waals surface area contributed by atoms with Crippen molar-refractivity contribution in [2.75, 3.05) is 13.1 Å². The zero-order chi connectivity index (χ0) is 11.4. The molecule has 0 bridgehead atoms. The highest BCUT2D eigenvalue weighted by molar-refractivity contribution is 4.93. The van der Waals surface area contributed by atoms with E-state index in [1.807, 2.05) is 0 Å². The van der Waals surface area contributed by atoms with Crippen LogP contribution >= 0.6 is 0 Å². The zero-order valence-corrected chi connectivity index (χ0v) is 10.7. The summed E-state index contributed by atoms with van der Waals surface area (Å²) in [5, 5.41) is 14.4. The second kappa shape index (κ2) is 5.50. The third-order valence-electron chi connectivity index (χ3n) is 4.82. The lowest BCUT2D eigenvalue weighted by molar-refractivity contribution is -0.0667. The molecule has 2 aliphatic rings. The summed E-state index contributed by atoms with van der Waals surface area (Å²) in [7, 11) is 0. The summed E-state index contributed by atoms with van der Waals surface area (Å²) in [6, 6.07) is 0. The van der Waals surface area contributed by atoms with Crippen molar-refractivity contribution < 1.29 is 5.11 Å². The Bertz CT molecular complexity index is 209. The van der Waals surface area contributed by atoms with Crippen LogP contribution in [0.2, 0.25) is 0 Å². The predicted octanol–water partition coefficient (Wildman–Crippen LogP) is 2.71. The van der Waals surface area contributed by atoms with E-state index in [1.54, 1.807) is 0 Å².